The SMILES string of the molecule is Cc1cccnc1C[C@@H](C)n1cc(-c2cc(F)ccc2-n2cccn2)nn1. The average Bonchev–Trinajstić information content (AvgIpc) is 3.35. The molecule has 3 heterocycles. The number of aromatic nitrogens is 6. The van der Waals surface area contributed by atoms with Gasteiger partial charge in [-0.15, -0.1) is 5.10 Å². The third kappa shape index (κ3) is 3.48. The molecule has 0 unspecified atom stereocenters. The van der Waals surface area contributed by atoms with Gasteiger partial charge in [0.05, 0.1) is 17.9 Å². The predicted molar refractivity (Wildman–Crippen MR) is 99.9 cm³/mol. The second-order valence-electron chi connectivity index (χ2n) is 6.52. The third-order valence-electron chi connectivity index (χ3n) is 4.55. The number of hydrogen-bond acceptors (Lipinski definition) is 4. The van der Waals surface area contributed by atoms with Crippen molar-refractivity contribution in [3.8, 4) is 16.9 Å². The topological polar surface area (TPSA) is 61.4 Å². The van der Waals surface area contributed by atoms with E-state index in [1.165, 1.54) is 12.1 Å². The maximum absolute atomic E-state index is 13.9. The van der Waals surface area contributed by atoms with Crippen LogP contribution >= 0.6 is 0 Å². The normalized spacial score (nSPS) is 12.3. The largest absolute Gasteiger partial charge is 0.261 e. The number of halogens is 1. The van der Waals surface area contributed by atoms with Crippen LogP contribution < -0.4 is 0 Å². The summed E-state index contributed by atoms with van der Waals surface area (Å²) < 4.78 is 17.4. The molecule has 1 atom stereocenters. The molecule has 136 valence electrons. The van der Waals surface area contributed by atoms with Crippen molar-refractivity contribution in [3.05, 3.63) is 78.3 Å². The van der Waals surface area contributed by atoms with Crippen LogP contribution in [0.2, 0.25) is 0 Å². The molecule has 0 amide bonds. The molecule has 4 aromatic rings. The molecular formula is C20H19FN6. The van der Waals surface area contributed by atoms with Crippen LogP contribution in [0.4, 0.5) is 4.39 Å². The minimum atomic E-state index is -0.326. The van der Waals surface area contributed by atoms with E-state index in [0.717, 1.165) is 23.4 Å². The number of hydrogen-bond donors (Lipinski definition) is 0. The van der Waals surface area contributed by atoms with Crippen LogP contribution in [0.3, 0.4) is 0 Å². The van der Waals surface area contributed by atoms with E-state index in [2.05, 4.69) is 27.3 Å². The van der Waals surface area contributed by atoms with Gasteiger partial charge in [-0.3, -0.25) is 4.98 Å². The van der Waals surface area contributed by atoms with E-state index in [1.807, 2.05) is 37.5 Å². The lowest BCUT2D eigenvalue weighted by Gasteiger charge is -2.12. The fourth-order valence-corrected chi connectivity index (χ4v) is 3.05. The minimum Gasteiger partial charge on any atom is -0.261 e. The molecule has 0 saturated heterocycles. The molecule has 0 fully saturated rings. The van der Waals surface area contributed by atoms with E-state index in [0.29, 0.717) is 11.3 Å². The standard InChI is InChI=1S/C20H19FN6/c1-14-5-3-8-22-18(14)11-15(2)27-13-19(24-25-27)17-12-16(21)6-7-20(17)26-10-4-9-23-26/h3-10,12-13,15H,11H2,1-2H3/t15-/m1/s1. The lowest BCUT2D eigenvalue weighted by atomic mass is 10.1. The van der Waals surface area contributed by atoms with Crippen LogP contribution in [0, 0.1) is 12.7 Å². The van der Waals surface area contributed by atoms with Gasteiger partial charge in [0, 0.05) is 36.3 Å². The van der Waals surface area contributed by atoms with Gasteiger partial charge in [0.1, 0.15) is 11.5 Å². The van der Waals surface area contributed by atoms with Crippen molar-refractivity contribution in [1.82, 2.24) is 29.8 Å². The highest BCUT2D eigenvalue weighted by Crippen LogP contribution is 2.26. The Hall–Kier alpha value is -3.35. The van der Waals surface area contributed by atoms with Gasteiger partial charge >= 0.3 is 0 Å². The van der Waals surface area contributed by atoms with Crippen LogP contribution in [-0.2, 0) is 6.42 Å². The molecule has 0 spiro atoms. The Morgan fingerprint density at radius 3 is 2.81 bits per heavy atom. The Morgan fingerprint density at radius 2 is 2.04 bits per heavy atom. The highest BCUT2D eigenvalue weighted by atomic mass is 19.1. The molecule has 0 radical (unpaired) electrons. The summed E-state index contributed by atoms with van der Waals surface area (Å²) in [6.07, 6.45) is 7.87. The summed E-state index contributed by atoms with van der Waals surface area (Å²) in [5.41, 5.74) is 4.18. The van der Waals surface area contributed by atoms with E-state index in [4.69, 9.17) is 0 Å². The summed E-state index contributed by atoms with van der Waals surface area (Å²) in [6.45, 7) is 4.11. The Kier molecular flexibility index (Phi) is 4.50. The van der Waals surface area contributed by atoms with Crippen molar-refractivity contribution in [2.75, 3.05) is 0 Å². The van der Waals surface area contributed by atoms with Crippen LogP contribution in [0.1, 0.15) is 24.2 Å². The van der Waals surface area contributed by atoms with Gasteiger partial charge in [-0.25, -0.2) is 13.8 Å². The highest BCUT2D eigenvalue weighted by molar-refractivity contribution is 5.69. The molecule has 7 heteroatoms. The van der Waals surface area contributed by atoms with Crippen molar-refractivity contribution in [1.29, 1.82) is 0 Å². The van der Waals surface area contributed by atoms with Crippen LogP contribution in [0.25, 0.3) is 16.9 Å². The lowest BCUT2D eigenvalue weighted by molar-refractivity contribution is 0.469. The van der Waals surface area contributed by atoms with Gasteiger partial charge in [-0.1, -0.05) is 11.3 Å². The number of benzene rings is 1. The summed E-state index contributed by atoms with van der Waals surface area (Å²) in [5, 5.41) is 12.8. The molecule has 0 aliphatic carbocycles. The van der Waals surface area contributed by atoms with E-state index >= 15 is 0 Å². The molecule has 6 nitrogen and oxygen atoms in total. The molecule has 0 aliphatic heterocycles. The van der Waals surface area contributed by atoms with Crippen molar-refractivity contribution < 1.29 is 4.39 Å². The summed E-state index contributed by atoms with van der Waals surface area (Å²) in [6, 6.07) is 10.4. The minimum absolute atomic E-state index is 0.0709. The number of aryl methyl sites for hydroxylation is 1. The maximum Gasteiger partial charge on any atom is 0.124 e. The van der Waals surface area contributed by atoms with E-state index < -0.39 is 0 Å². The van der Waals surface area contributed by atoms with Gasteiger partial charge in [0.15, 0.2) is 0 Å². The number of pyridine rings is 1. The van der Waals surface area contributed by atoms with E-state index in [-0.39, 0.29) is 11.9 Å². The third-order valence-corrected chi connectivity index (χ3v) is 4.55. The summed E-state index contributed by atoms with van der Waals surface area (Å²) >= 11 is 0. The molecule has 0 N–H and O–H groups in total. The Balaban J connectivity index is 1.65. The van der Waals surface area contributed by atoms with Crippen LogP contribution in [-0.4, -0.2) is 29.8 Å². The molecule has 1 aromatic carbocycles. The summed E-state index contributed by atoms with van der Waals surface area (Å²) in [7, 11) is 0. The lowest BCUT2D eigenvalue weighted by Crippen LogP contribution is -2.10. The monoisotopic (exact) mass is 362 g/mol. The van der Waals surface area contributed by atoms with Gasteiger partial charge < -0.3 is 0 Å². The number of rotatable bonds is 5. The zero-order valence-electron chi connectivity index (χ0n) is 15.1. The Labute approximate surface area is 156 Å². The quantitative estimate of drug-likeness (QED) is 0.542. The molecule has 0 aliphatic rings. The zero-order valence-corrected chi connectivity index (χ0v) is 15.1. The first kappa shape index (κ1) is 17.1. The summed E-state index contributed by atoms with van der Waals surface area (Å²) in [4.78, 5) is 4.45. The Bertz CT molecular complexity index is 1050. The fourth-order valence-electron chi connectivity index (χ4n) is 3.05. The van der Waals surface area contributed by atoms with Crippen molar-refractivity contribution in [2.24, 2.45) is 0 Å². The van der Waals surface area contributed by atoms with Gasteiger partial charge in [0.2, 0.25) is 0 Å². The van der Waals surface area contributed by atoms with Gasteiger partial charge in [-0.2, -0.15) is 5.10 Å². The van der Waals surface area contributed by atoms with Crippen molar-refractivity contribution in [3.63, 3.8) is 0 Å². The average molecular weight is 362 g/mol. The molecule has 0 bridgehead atoms. The first-order valence-electron chi connectivity index (χ1n) is 8.74. The zero-order chi connectivity index (χ0) is 18.8. The van der Waals surface area contributed by atoms with Gasteiger partial charge in [0.25, 0.3) is 0 Å². The number of nitrogens with zero attached hydrogens (tertiary/aromatic N) is 6. The van der Waals surface area contributed by atoms with Crippen LogP contribution in [0.15, 0.2) is 61.2 Å². The van der Waals surface area contributed by atoms with Crippen molar-refractivity contribution >= 4 is 0 Å². The van der Waals surface area contributed by atoms with Gasteiger partial charge in [-0.05, 0) is 49.7 Å². The molecule has 3 aromatic heterocycles. The predicted octanol–water partition coefficient (Wildman–Crippen LogP) is 3.78. The molecule has 0 saturated carbocycles. The second-order valence-corrected chi connectivity index (χ2v) is 6.52. The smallest absolute Gasteiger partial charge is 0.124 e. The Morgan fingerprint density at radius 1 is 1.15 bits per heavy atom. The van der Waals surface area contributed by atoms with E-state index in [9.17, 15) is 4.39 Å². The molecule has 4 rings (SSSR count). The first-order valence-corrected chi connectivity index (χ1v) is 8.74. The second kappa shape index (κ2) is 7.11. The van der Waals surface area contributed by atoms with Crippen LogP contribution in [0.5, 0.6) is 0 Å². The van der Waals surface area contributed by atoms with E-state index in [1.54, 1.807) is 27.8 Å². The molecular weight excluding hydrogens is 343 g/mol. The fraction of sp³-hybridized carbons (Fsp3) is 0.200. The summed E-state index contributed by atoms with van der Waals surface area (Å²) in [5.74, 6) is -0.326. The highest BCUT2D eigenvalue weighted by Gasteiger charge is 2.16. The molecule has 27 heavy (non-hydrogen) atoms. The van der Waals surface area contributed by atoms with Crippen molar-refractivity contribution in [2.45, 2.75) is 26.3 Å². The first-order chi connectivity index (χ1) is 13.1. The maximum atomic E-state index is 13.9.